The molecule has 0 radical (unpaired) electrons. The summed E-state index contributed by atoms with van der Waals surface area (Å²) in [5.41, 5.74) is -1.96. The van der Waals surface area contributed by atoms with Crippen molar-refractivity contribution in [1.29, 1.82) is 0 Å². The minimum Gasteiger partial charge on any atom is -0.358 e. The highest BCUT2D eigenvalue weighted by Gasteiger charge is 2.56. The van der Waals surface area contributed by atoms with E-state index in [-0.39, 0.29) is 5.69 Å². The normalized spacial score (nSPS) is 16.4. The third-order valence-corrected chi connectivity index (χ3v) is 3.29. The van der Waals surface area contributed by atoms with Crippen molar-refractivity contribution in [2.24, 2.45) is 5.41 Å². The number of hydrogen-bond acceptors (Lipinski definition) is 2. The molecular weight excluding hydrogens is 273 g/mol. The molecule has 0 aromatic heterocycles. The molecule has 0 heterocycles. The molecule has 1 fully saturated rings. The predicted octanol–water partition coefficient (Wildman–Crippen LogP) is 2.17. The molecule has 0 atom stereocenters. The first-order valence-corrected chi connectivity index (χ1v) is 6.00. The summed E-state index contributed by atoms with van der Waals surface area (Å²) >= 11 is 0. The number of halogens is 3. The van der Waals surface area contributed by atoms with Gasteiger partial charge in [0.15, 0.2) is 0 Å². The third-order valence-electron chi connectivity index (χ3n) is 3.29. The van der Waals surface area contributed by atoms with Gasteiger partial charge in [0, 0.05) is 12.7 Å². The van der Waals surface area contributed by atoms with Crippen molar-refractivity contribution in [3.8, 4) is 0 Å². The Labute approximate surface area is 113 Å². The van der Waals surface area contributed by atoms with Gasteiger partial charge in [0.05, 0.1) is 5.56 Å². The highest BCUT2D eigenvalue weighted by atomic mass is 19.4. The number of rotatable bonds is 3. The van der Waals surface area contributed by atoms with Crippen LogP contribution in [-0.2, 0) is 15.8 Å². The second-order valence-corrected chi connectivity index (χ2v) is 4.69. The van der Waals surface area contributed by atoms with E-state index in [1.54, 1.807) is 0 Å². The van der Waals surface area contributed by atoms with E-state index in [4.69, 9.17) is 0 Å². The summed E-state index contributed by atoms with van der Waals surface area (Å²) in [6.07, 6.45) is -3.67. The van der Waals surface area contributed by atoms with E-state index in [1.807, 2.05) is 0 Å². The van der Waals surface area contributed by atoms with Crippen LogP contribution in [0.15, 0.2) is 24.3 Å². The molecule has 1 aromatic rings. The Morgan fingerprint density at radius 2 is 1.85 bits per heavy atom. The van der Waals surface area contributed by atoms with E-state index in [1.165, 1.54) is 19.2 Å². The van der Waals surface area contributed by atoms with Crippen molar-refractivity contribution < 1.29 is 22.8 Å². The van der Waals surface area contributed by atoms with Crippen molar-refractivity contribution in [2.45, 2.75) is 19.0 Å². The van der Waals surface area contributed by atoms with Crippen LogP contribution in [0.3, 0.4) is 0 Å². The van der Waals surface area contributed by atoms with Crippen LogP contribution < -0.4 is 10.6 Å². The number of amides is 2. The fourth-order valence-electron chi connectivity index (χ4n) is 1.95. The first-order valence-electron chi connectivity index (χ1n) is 6.00. The average molecular weight is 286 g/mol. The molecule has 0 spiro atoms. The van der Waals surface area contributed by atoms with E-state index in [0.717, 1.165) is 12.1 Å². The molecule has 1 aliphatic carbocycles. The highest BCUT2D eigenvalue weighted by molar-refractivity contribution is 6.12. The van der Waals surface area contributed by atoms with Crippen LogP contribution in [0.4, 0.5) is 18.9 Å². The lowest BCUT2D eigenvalue weighted by molar-refractivity contribution is -0.138. The maximum atomic E-state index is 12.6. The zero-order valence-electron chi connectivity index (χ0n) is 10.7. The Morgan fingerprint density at radius 3 is 2.35 bits per heavy atom. The molecular formula is C13H13F3N2O2. The maximum absolute atomic E-state index is 12.6. The first kappa shape index (κ1) is 14.4. The van der Waals surface area contributed by atoms with Crippen LogP contribution in [-0.4, -0.2) is 18.9 Å². The van der Waals surface area contributed by atoms with E-state index >= 15 is 0 Å². The van der Waals surface area contributed by atoms with Gasteiger partial charge in [-0.15, -0.1) is 0 Å². The van der Waals surface area contributed by atoms with E-state index in [9.17, 15) is 22.8 Å². The van der Waals surface area contributed by atoms with Crippen molar-refractivity contribution in [2.75, 3.05) is 12.4 Å². The second-order valence-electron chi connectivity index (χ2n) is 4.69. The van der Waals surface area contributed by atoms with Gasteiger partial charge >= 0.3 is 6.18 Å². The van der Waals surface area contributed by atoms with E-state index in [0.29, 0.717) is 12.8 Å². The van der Waals surface area contributed by atoms with Gasteiger partial charge in [0.25, 0.3) is 0 Å². The van der Waals surface area contributed by atoms with Gasteiger partial charge in [-0.2, -0.15) is 13.2 Å². The van der Waals surface area contributed by atoms with Gasteiger partial charge in [-0.3, -0.25) is 9.59 Å². The summed E-state index contributed by atoms with van der Waals surface area (Å²) in [5.74, 6) is -0.988. The number of nitrogens with one attached hydrogen (secondary N) is 2. The number of carbonyl (C=O) groups excluding carboxylic acids is 2. The van der Waals surface area contributed by atoms with Crippen molar-refractivity contribution in [3.05, 3.63) is 29.8 Å². The van der Waals surface area contributed by atoms with Gasteiger partial charge < -0.3 is 10.6 Å². The molecule has 20 heavy (non-hydrogen) atoms. The number of alkyl halides is 3. The molecule has 1 saturated carbocycles. The lowest BCUT2D eigenvalue weighted by atomic mass is 10.1. The Bertz CT molecular complexity index is 551. The molecule has 1 aromatic carbocycles. The van der Waals surface area contributed by atoms with Crippen molar-refractivity contribution in [3.63, 3.8) is 0 Å². The highest BCUT2D eigenvalue weighted by Crippen LogP contribution is 2.46. The fraction of sp³-hybridized carbons (Fsp3) is 0.385. The fourth-order valence-corrected chi connectivity index (χ4v) is 1.95. The molecule has 0 bridgehead atoms. The van der Waals surface area contributed by atoms with Gasteiger partial charge in [-0.1, -0.05) is 6.07 Å². The molecule has 1 aliphatic rings. The van der Waals surface area contributed by atoms with Gasteiger partial charge in [-0.25, -0.2) is 0 Å². The van der Waals surface area contributed by atoms with Crippen molar-refractivity contribution >= 4 is 17.5 Å². The predicted molar refractivity (Wildman–Crippen MR) is 65.8 cm³/mol. The lowest BCUT2D eigenvalue weighted by Crippen LogP contribution is -2.38. The molecule has 0 aliphatic heterocycles. The smallest absolute Gasteiger partial charge is 0.358 e. The van der Waals surface area contributed by atoms with Gasteiger partial charge in [0.1, 0.15) is 5.41 Å². The van der Waals surface area contributed by atoms with Crippen LogP contribution in [0.5, 0.6) is 0 Å². The summed E-state index contributed by atoms with van der Waals surface area (Å²) in [5, 5.41) is 4.76. The molecule has 4 nitrogen and oxygen atoms in total. The summed E-state index contributed by atoms with van der Waals surface area (Å²) in [7, 11) is 1.42. The quantitative estimate of drug-likeness (QED) is 0.837. The van der Waals surface area contributed by atoms with E-state index in [2.05, 4.69) is 10.6 Å². The second kappa shape index (κ2) is 4.81. The Morgan fingerprint density at radius 1 is 1.20 bits per heavy atom. The summed E-state index contributed by atoms with van der Waals surface area (Å²) in [6.45, 7) is 0. The van der Waals surface area contributed by atoms with Gasteiger partial charge in [-0.05, 0) is 31.0 Å². The lowest BCUT2D eigenvalue weighted by Gasteiger charge is -2.14. The zero-order chi connectivity index (χ0) is 15.0. The minimum absolute atomic E-state index is 0.0278. The summed E-state index contributed by atoms with van der Waals surface area (Å²) in [4.78, 5) is 23.6. The van der Waals surface area contributed by atoms with Gasteiger partial charge in [0.2, 0.25) is 11.8 Å². The number of hydrogen-bond donors (Lipinski definition) is 2. The number of carbonyl (C=O) groups is 2. The van der Waals surface area contributed by atoms with Crippen LogP contribution in [0, 0.1) is 5.41 Å². The van der Waals surface area contributed by atoms with Crippen LogP contribution >= 0.6 is 0 Å². The minimum atomic E-state index is -4.47. The topological polar surface area (TPSA) is 58.2 Å². The van der Waals surface area contributed by atoms with E-state index < -0.39 is 29.0 Å². The third kappa shape index (κ3) is 2.61. The Balaban J connectivity index is 2.15. The van der Waals surface area contributed by atoms with Crippen molar-refractivity contribution in [1.82, 2.24) is 5.32 Å². The molecule has 7 heteroatoms. The Kier molecular flexibility index (Phi) is 3.45. The summed E-state index contributed by atoms with van der Waals surface area (Å²) < 4.78 is 37.7. The SMILES string of the molecule is CNC(=O)C1(C(=O)Nc2cccc(C(F)(F)F)c2)CC1. The Hall–Kier alpha value is -2.05. The van der Waals surface area contributed by atoms with Crippen LogP contribution in [0.2, 0.25) is 0 Å². The molecule has 2 amide bonds. The first-order chi connectivity index (χ1) is 9.29. The summed E-state index contributed by atoms with van der Waals surface area (Å²) in [6, 6.07) is 4.32. The molecule has 0 unspecified atom stereocenters. The monoisotopic (exact) mass is 286 g/mol. The van der Waals surface area contributed by atoms with Crippen LogP contribution in [0.25, 0.3) is 0 Å². The molecule has 2 rings (SSSR count). The number of anilines is 1. The van der Waals surface area contributed by atoms with Crippen LogP contribution in [0.1, 0.15) is 18.4 Å². The average Bonchev–Trinajstić information content (AvgIpc) is 3.18. The largest absolute Gasteiger partial charge is 0.416 e. The number of benzene rings is 1. The molecule has 2 N–H and O–H groups in total. The standard InChI is InChI=1S/C13H13F3N2O2/c1-17-10(19)12(5-6-12)11(20)18-9-4-2-3-8(7-9)13(14,15)16/h2-4,7H,5-6H2,1H3,(H,17,19)(H,18,20). The maximum Gasteiger partial charge on any atom is 0.416 e. The molecule has 0 saturated heterocycles. The molecule has 108 valence electrons. The zero-order valence-corrected chi connectivity index (χ0v) is 10.7.